The van der Waals surface area contributed by atoms with E-state index < -0.39 is 6.04 Å². The summed E-state index contributed by atoms with van der Waals surface area (Å²) in [5.74, 6) is -0.154. The van der Waals surface area contributed by atoms with Crippen LogP contribution in [0.4, 0.5) is 5.69 Å². The molecule has 0 bridgehead atoms. The van der Waals surface area contributed by atoms with Gasteiger partial charge >= 0.3 is 0 Å². The second kappa shape index (κ2) is 9.01. The minimum Gasteiger partial charge on any atom is -0.404 e. The number of anilines is 1. The van der Waals surface area contributed by atoms with Crippen LogP contribution >= 0.6 is 11.6 Å². The maximum Gasteiger partial charge on any atom is 0.246 e. The largest absolute Gasteiger partial charge is 0.404 e. The Balaban J connectivity index is 2.15. The SMILES string of the molecule is CCNC(C(=O)Nc1ccc(/C(C=N)=C/N)cc1)c1ccc(Cl)cc1. The summed E-state index contributed by atoms with van der Waals surface area (Å²) in [6.07, 6.45) is 2.57. The van der Waals surface area contributed by atoms with Gasteiger partial charge in [-0.3, -0.25) is 4.79 Å². The van der Waals surface area contributed by atoms with Gasteiger partial charge in [-0.15, -0.1) is 0 Å². The molecule has 0 spiro atoms. The number of halogens is 1. The number of hydrogen-bond acceptors (Lipinski definition) is 4. The molecule has 0 saturated carbocycles. The molecule has 1 unspecified atom stereocenters. The van der Waals surface area contributed by atoms with Crippen molar-refractivity contribution in [1.82, 2.24) is 5.32 Å². The Bertz CT molecular complexity index is 754. The molecule has 0 aromatic heterocycles. The fourth-order valence-electron chi connectivity index (χ4n) is 2.41. The molecule has 2 rings (SSSR count). The quantitative estimate of drug-likeness (QED) is 0.571. The molecule has 0 saturated heterocycles. The predicted molar refractivity (Wildman–Crippen MR) is 104 cm³/mol. The molecule has 0 aliphatic carbocycles. The molecule has 2 aromatic carbocycles. The van der Waals surface area contributed by atoms with Gasteiger partial charge < -0.3 is 21.8 Å². The zero-order chi connectivity index (χ0) is 18.2. The van der Waals surface area contributed by atoms with Crippen molar-refractivity contribution in [3.8, 4) is 0 Å². The summed E-state index contributed by atoms with van der Waals surface area (Å²) in [5, 5.41) is 14.0. The highest BCUT2D eigenvalue weighted by Crippen LogP contribution is 2.20. The normalized spacial score (nSPS) is 12.5. The summed E-state index contributed by atoms with van der Waals surface area (Å²) in [5.41, 5.74) is 8.43. The zero-order valence-corrected chi connectivity index (χ0v) is 14.7. The highest BCUT2D eigenvalue weighted by Gasteiger charge is 2.19. The summed E-state index contributed by atoms with van der Waals surface area (Å²) in [4.78, 5) is 12.6. The van der Waals surface area contributed by atoms with E-state index in [2.05, 4.69) is 10.6 Å². The standard InChI is InChI=1S/C19H21ClN4O/c1-2-23-18(14-3-7-16(20)8-4-14)19(25)24-17-9-5-13(6-10-17)15(11-21)12-22/h3-12,18,21,23H,2,22H2,1H3,(H,24,25)/b15-12+,21-11?. The van der Waals surface area contributed by atoms with Crippen LogP contribution in [0.2, 0.25) is 5.02 Å². The summed E-state index contributed by atoms with van der Waals surface area (Å²) >= 11 is 5.92. The Kier molecular flexibility index (Phi) is 6.74. The van der Waals surface area contributed by atoms with E-state index in [1.54, 1.807) is 24.3 Å². The molecule has 1 amide bonds. The van der Waals surface area contributed by atoms with Crippen LogP contribution in [0.3, 0.4) is 0 Å². The van der Waals surface area contributed by atoms with Crippen molar-refractivity contribution in [3.63, 3.8) is 0 Å². The number of carbonyl (C=O) groups excluding carboxylic acids is 1. The minimum absolute atomic E-state index is 0.154. The van der Waals surface area contributed by atoms with Gasteiger partial charge in [0.1, 0.15) is 6.04 Å². The Hall–Kier alpha value is -2.63. The van der Waals surface area contributed by atoms with Gasteiger partial charge in [0.25, 0.3) is 0 Å². The number of likely N-dealkylation sites (N-methyl/N-ethyl adjacent to an activating group) is 1. The number of benzene rings is 2. The number of rotatable bonds is 7. The van der Waals surface area contributed by atoms with Crippen LogP contribution in [0.1, 0.15) is 24.1 Å². The Morgan fingerprint density at radius 3 is 2.36 bits per heavy atom. The van der Waals surface area contributed by atoms with E-state index >= 15 is 0 Å². The molecule has 0 heterocycles. The maximum absolute atomic E-state index is 12.6. The van der Waals surface area contributed by atoms with E-state index in [0.29, 0.717) is 22.8 Å². The first kappa shape index (κ1) is 18.7. The van der Waals surface area contributed by atoms with Gasteiger partial charge in [0.15, 0.2) is 0 Å². The van der Waals surface area contributed by atoms with Gasteiger partial charge in [0.2, 0.25) is 5.91 Å². The average molecular weight is 357 g/mol. The average Bonchev–Trinajstić information content (AvgIpc) is 2.63. The first-order valence-electron chi connectivity index (χ1n) is 7.91. The van der Waals surface area contributed by atoms with Crippen LogP contribution in [0, 0.1) is 5.41 Å². The number of nitrogens with one attached hydrogen (secondary N) is 3. The van der Waals surface area contributed by atoms with Crippen molar-refractivity contribution in [3.05, 3.63) is 70.9 Å². The predicted octanol–water partition coefficient (Wildman–Crippen LogP) is 3.58. The van der Waals surface area contributed by atoms with Gasteiger partial charge in [0.05, 0.1) is 0 Å². The summed E-state index contributed by atoms with van der Waals surface area (Å²) < 4.78 is 0. The van der Waals surface area contributed by atoms with E-state index in [4.69, 9.17) is 22.7 Å². The van der Waals surface area contributed by atoms with Crippen LogP contribution < -0.4 is 16.4 Å². The Labute approximate surface area is 152 Å². The second-order valence-corrected chi connectivity index (χ2v) is 5.81. The van der Waals surface area contributed by atoms with Crippen LogP contribution in [-0.4, -0.2) is 18.7 Å². The second-order valence-electron chi connectivity index (χ2n) is 5.38. The third kappa shape index (κ3) is 4.92. The minimum atomic E-state index is -0.469. The molecule has 1 atom stereocenters. The van der Waals surface area contributed by atoms with Gasteiger partial charge in [0, 0.05) is 28.7 Å². The third-order valence-corrected chi connectivity index (χ3v) is 3.95. The fraction of sp³-hybridized carbons (Fsp3) is 0.158. The van der Waals surface area contributed by atoms with E-state index in [9.17, 15) is 4.79 Å². The van der Waals surface area contributed by atoms with Crippen LogP contribution in [0.15, 0.2) is 54.7 Å². The molecule has 0 aliphatic rings. The highest BCUT2D eigenvalue weighted by atomic mass is 35.5. The lowest BCUT2D eigenvalue weighted by atomic mass is 10.1. The lowest BCUT2D eigenvalue weighted by molar-refractivity contribution is -0.118. The van der Waals surface area contributed by atoms with E-state index in [-0.39, 0.29) is 5.91 Å². The molecule has 6 heteroatoms. The molecular weight excluding hydrogens is 336 g/mol. The van der Waals surface area contributed by atoms with Crippen molar-refractivity contribution in [2.45, 2.75) is 13.0 Å². The van der Waals surface area contributed by atoms with Crippen LogP contribution in [-0.2, 0) is 4.79 Å². The first-order valence-corrected chi connectivity index (χ1v) is 8.29. The van der Waals surface area contributed by atoms with Crippen molar-refractivity contribution < 1.29 is 4.79 Å². The molecule has 2 aromatic rings. The third-order valence-electron chi connectivity index (χ3n) is 3.69. The number of amides is 1. The molecule has 0 radical (unpaired) electrons. The lowest BCUT2D eigenvalue weighted by Crippen LogP contribution is -2.32. The summed E-state index contributed by atoms with van der Waals surface area (Å²) in [7, 11) is 0. The smallest absolute Gasteiger partial charge is 0.246 e. The Morgan fingerprint density at radius 1 is 1.20 bits per heavy atom. The number of carbonyl (C=O) groups is 1. The fourth-order valence-corrected chi connectivity index (χ4v) is 2.54. The van der Waals surface area contributed by atoms with Gasteiger partial charge in [-0.2, -0.15) is 0 Å². The zero-order valence-electron chi connectivity index (χ0n) is 13.9. The van der Waals surface area contributed by atoms with E-state index in [0.717, 1.165) is 11.1 Å². The first-order chi connectivity index (χ1) is 12.1. The number of nitrogens with two attached hydrogens (primary N) is 1. The molecule has 0 aliphatic heterocycles. The van der Waals surface area contributed by atoms with Crippen LogP contribution in [0.5, 0.6) is 0 Å². The van der Waals surface area contributed by atoms with Gasteiger partial charge in [-0.25, -0.2) is 0 Å². The van der Waals surface area contributed by atoms with Crippen molar-refractivity contribution in [1.29, 1.82) is 5.41 Å². The molecular formula is C19H21ClN4O. The van der Waals surface area contributed by atoms with Crippen molar-refractivity contribution >= 4 is 35.0 Å². The Morgan fingerprint density at radius 2 is 1.84 bits per heavy atom. The van der Waals surface area contributed by atoms with Crippen LogP contribution in [0.25, 0.3) is 5.57 Å². The van der Waals surface area contributed by atoms with Gasteiger partial charge in [-0.05, 0) is 41.9 Å². The van der Waals surface area contributed by atoms with E-state index in [1.165, 1.54) is 12.4 Å². The monoisotopic (exact) mass is 356 g/mol. The number of allylic oxidation sites excluding steroid dienone is 1. The maximum atomic E-state index is 12.6. The molecule has 130 valence electrons. The van der Waals surface area contributed by atoms with Crippen molar-refractivity contribution in [2.24, 2.45) is 5.73 Å². The summed E-state index contributed by atoms with van der Waals surface area (Å²) in [6.45, 7) is 2.60. The topological polar surface area (TPSA) is 91.0 Å². The van der Waals surface area contributed by atoms with Gasteiger partial charge in [-0.1, -0.05) is 42.8 Å². The highest BCUT2D eigenvalue weighted by molar-refractivity contribution is 6.30. The molecule has 0 fully saturated rings. The lowest BCUT2D eigenvalue weighted by Gasteiger charge is -2.18. The summed E-state index contributed by atoms with van der Waals surface area (Å²) in [6, 6.07) is 13.9. The van der Waals surface area contributed by atoms with Crippen molar-refractivity contribution in [2.75, 3.05) is 11.9 Å². The van der Waals surface area contributed by atoms with E-state index in [1.807, 2.05) is 31.2 Å². The molecule has 5 N–H and O–H groups in total. The number of hydrogen-bond donors (Lipinski definition) is 4. The molecule has 5 nitrogen and oxygen atoms in total. The molecule has 25 heavy (non-hydrogen) atoms.